The van der Waals surface area contributed by atoms with Gasteiger partial charge in [-0.15, -0.1) is 0 Å². The molecule has 2 heterocycles. The van der Waals surface area contributed by atoms with Crippen molar-refractivity contribution < 1.29 is 33.4 Å². The molecule has 2 amide bonds. The second-order valence-electron chi connectivity index (χ2n) is 12.4. The van der Waals surface area contributed by atoms with Crippen molar-refractivity contribution in [2.75, 3.05) is 13.2 Å². The summed E-state index contributed by atoms with van der Waals surface area (Å²) < 4.78 is 17.2. The normalized spacial score (nSPS) is 26.3. The van der Waals surface area contributed by atoms with Crippen LogP contribution >= 0.6 is 0 Å². The zero-order chi connectivity index (χ0) is 26.9. The van der Waals surface area contributed by atoms with Crippen LogP contribution < -0.4 is 10.6 Å². The van der Waals surface area contributed by atoms with Gasteiger partial charge >= 0.3 is 5.97 Å². The fourth-order valence-electron chi connectivity index (χ4n) is 6.07. The molecule has 2 atom stereocenters. The maximum Gasteiger partial charge on any atom is 0.310 e. The lowest BCUT2D eigenvalue weighted by atomic mass is 9.64. The van der Waals surface area contributed by atoms with Gasteiger partial charge in [-0.2, -0.15) is 0 Å². The smallest absolute Gasteiger partial charge is 0.310 e. The molecule has 1 aromatic rings. The molecule has 206 valence electrons. The Bertz CT molecular complexity index is 975. The van der Waals surface area contributed by atoms with Gasteiger partial charge in [0.2, 0.25) is 11.8 Å². The van der Waals surface area contributed by atoms with Crippen LogP contribution in [0.5, 0.6) is 0 Å². The number of carboxylic acids is 1. The van der Waals surface area contributed by atoms with Crippen molar-refractivity contribution in [2.45, 2.75) is 103 Å². The van der Waals surface area contributed by atoms with Crippen LogP contribution in [0.1, 0.15) is 84.8 Å². The largest absolute Gasteiger partial charge is 0.481 e. The number of hydrogen-bond acceptors (Lipinski definition) is 6. The molecular formula is C28H42N2O7. The second-order valence-corrected chi connectivity index (χ2v) is 12.4. The summed E-state index contributed by atoms with van der Waals surface area (Å²) in [5.41, 5.74) is -2.08. The summed E-state index contributed by atoms with van der Waals surface area (Å²) in [5.74, 6) is -2.60. The molecule has 1 aromatic heterocycles. The molecule has 2 aliphatic carbocycles. The van der Waals surface area contributed by atoms with E-state index in [1.807, 2.05) is 26.0 Å². The van der Waals surface area contributed by atoms with Crippen LogP contribution in [-0.2, 0) is 30.3 Å². The third kappa shape index (κ3) is 5.87. The van der Waals surface area contributed by atoms with E-state index in [4.69, 9.17) is 13.9 Å². The summed E-state index contributed by atoms with van der Waals surface area (Å²) in [6.07, 6.45) is 7.55. The van der Waals surface area contributed by atoms with Gasteiger partial charge in [-0.1, -0.05) is 39.5 Å². The van der Waals surface area contributed by atoms with Gasteiger partial charge < -0.3 is 29.6 Å². The van der Waals surface area contributed by atoms with Crippen LogP contribution in [0.15, 0.2) is 22.8 Å². The number of carboxylic acid groups (broad SMARTS) is 1. The van der Waals surface area contributed by atoms with E-state index in [0.29, 0.717) is 25.9 Å². The molecule has 2 unspecified atom stereocenters. The zero-order valence-corrected chi connectivity index (χ0v) is 22.6. The monoisotopic (exact) mass is 518 g/mol. The second kappa shape index (κ2) is 10.4. The van der Waals surface area contributed by atoms with Crippen molar-refractivity contribution in [1.82, 2.24) is 10.6 Å². The Morgan fingerprint density at radius 2 is 1.76 bits per heavy atom. The van der Waals surface area contributed by atoms with Gasteiger partial charge in [-0.25, -0.2) is 0 Å². The maximum absolute atomic E-state index is 13.7. The Kier molecular flexibility index (Phi) is 7.77. The molecule has 0 aromatic carbocycles. The van der Waals surface area contributed by atoms with Gasteiger partial charge in [-0.3, -0.25) is 14.4 Å². The lowest BCUT2D eigenvalue weighted by molar-refractivity contribution is -0.304. The van der Waals surface area contributed by atoms with Crippen LogP contribution in [0.25, 0.3) is 0 Å². The van der Waals surface area contributed by atoms with Crippen molar-refractivity contribution in [3.8, 4) is 0 Å². The van der Waals surface area contributed by atoms with E-state index in [9.17, 15) is 19.5 Å². The molecule has 3 aliphatic rings. The third-order valence-electron chi connectivity index (χ3n) is 8.58. The van der Waals surface area contributed by atoms with Gasteiger partial charge in [0.1, 0.15) is 11.9 Å². The average Bonchev–Trinajstić information content (AvgIpc) is 3.31. The van der Waals surface area contributed by atoms with Crippen LogP contribution in [0.3, 0.4) is 0 Å². The standard InChI is InChI=1S/C28H42N2O7/c1-25(2)18-36-26(3,4)37-21(25)22(31)29-17-20(23(32)33)28(13-6-5-7-14-28)30-24(34)27(11-9-12-27)16-19-10-8-15-35-19/h8,10,15,20-21H,5-7,9,11-14,16-18H2,1-4H3,(H,29,31)(H,30,34)(H,32,33). The summed E-state index contributed by atoms with van der Waals surface area (Å²) in [7, 11) is 0. The fraction of sp³-hybridized carbons (Fsp3) is 0.750. The van der Waals surface area contributed by atoms with Crippen LogP contribution in [0.2, 0.25) is 0 Å². The molecule has 9 heteroatoms. The first-order valence-corrected chi connectivity index (χ1v) is 13.6. The number of ether oxygens (including phenoxy) is 2. The molecule has 1 saturated heterocycles. The molecular weight excluding hydrogens is 476 g/mol. The number of amides is 2. The third-order valence-corrected chi connectivity index (χ3v) is 8.58. The molecule has 1 aliphatic heterocycles. The molecule has 0 bridgehead atoms. The van der Waals surface area contributed by atoms with Crippen molar-refractivity contribution in [3.05, 3.63) is 24.2 Å². The maximum atomic E-state index is 13.7. The summed E-state index contributed by atoms with van der Waals surface area (Å²) >= 11 is 0. The zero-order valence-electron chi connectivity index (χ0n) is 22.6. The van der Waals surface area contributed by atoms with E-state index in [1.54, 1.807) is 20.1 Å². The highest BCUT2D eigenvalue weighted by atomic mass is 16.7. The van der Waals surface area contributed by atoms with E-state index >= 15 is 0 Å². The fourth-order valence-corrected chi connectivity index (χ4v) is 6.07. The lowest BCUT2D eigenvalue weighted by Crippen LogP contribution is -2.64. The first-order valence-electron chi connectivity index (χ1n) is 13.6. The molecule has 3 N–H and O–H groups in total. The minimum Gasteiger partial charge on any atom is -0.481 e. The first kappa shape index (κ1) is 27.6. The minimum atomic E-state index is -1.02. The quantitative estimate of drug-likeness (QED) is 0.454. The Morgan fingerprint density at radius 3 is 2.32 bits per heavy atom. The van der Waals surface area contributed by atoms with Crippen LogP contribution in [0, 0.1) is 16.7 Å². The highest BCUT2D eigenvalue weighted by Crippen LogP contribution is 2.46. The van der Waals surface area contributed by atoms with Gasteiger partial charge in [0.05, 0.1) is 29.7 Å². The van der Waals surface area contributed by atoms with Crippen molar-refractivity contribution in [1.29, 1.82) is 0 Å². The van der Waals surface area contributed by atoms with Crippen LogP contribution in [-0.4, -0.2) is 53.5 Å². The molecule has 4 rings (SSSR count). The van der Waals surface area contributed by atoms with Crippen molar-refractivity contribution in [3.63, 3.8) is 0 Å². The topological polar surface area (TPSA) is 127 Å². The van der Waals surface area contributed by atoms with Gasteiger partial charge in [0.15, 0.2) is 5.79 Å². The Morgan fingerprint density at radius 1 is 1.05 bits per heavy atom. The molecule has 37 heavy (non-hydrogen) atoms. The van der Waals surface area contributed by atoms with Crippen LogP contribution in [0.4, 0.5) is 0 Å². The van der Waals surface area contributed by atoms with E-state index < -0.39 is 40.1 Å². The molecule has 9 nitrogen and oxygen atoms in total. The molecule has 0 radical (unpaired) electrons. The highest BCUT2D eigenvalue weighted by molar-refractivity contribution is 5.86. The highest BCUT2D eigenvalue weighted by Gasteiger charge is 2.52. The number of nitrogens with one attached hydrogen (secondary N) is 2. The summed E-state index contributed by atoms with van der Waals surface area (Å²) in [4.78, 5) is 39.6. The van der Waals surface area contributed by atoms with E-state index in [2.05, 4.69) is 10.6 Å². The van der Waals surface area contributed by atoms with E-state index in [1.165, 1.54) is 0 Å². The first-order chi connectivity index (χ1) is 17.4. The molecule has 0 spiro atoms. The van der Waals surface area contributed by atoms with Gasteiger partial charge in [0.25, 0.3) is 0 Å². The van der Waals surface area contributed by atoms with Gasteiger partial charge in [-0.05, 0) is 51.7 Å². The summed E-state index contributed by atoms with van der Waals surface area (Å²) in [5, 5.41) is 16.4. The number of rotatable bonds is 9. The number of carbonyl (C=O) groups excluding carboxylic acids is 2. The Balaban J connectivity index is 1.51. The van der Waals surface area contributed by atoms with Crippen molar-refractivity contribution >= 4 is 17.8 Å². The molecule has 2 saturated carbocycles. The average molecular weight is 519 g/mol. The summed E-state index contributed by atoms with van der Waals surface area (Å²) in [6, 6.07) is 3.69. The number of aliphatic carboxylic acids is 1. The van der Waals surface area contributed by atoms with Crippen molar-refractivity contribution in [2.24, 2.45) is 16.7 Å². The van der Waals surface area contributed by atoms with Gasteiger partial charge in [0, 0.05) is 18.4 Å². The Labute approximate surface area is 219 Å². The lowest BCUT2D eigenvalue weighted by Gasteiger charge is -2.48. The number of hydrogen-bond donors (Lipinski definition) is 3. The summed E-state index contributed by atoms with van der Waals surface area (Å²) in [6.45, 7) is 7.56. The van der Waals surface area contributed by atoms with E-state index in [-0.39, 0.29) is 18.4 Å². The molecule has 3 fully saturated rings. The minimum absolute atomic E-state index is 0.0865. The van der Waals surface area contributed by atoms with E-state index in [0.717, 1.165) is 44.3 Å². The predicted octanol–water partition coefficient (Wildman–Crippen LogP) is 3.81. The predicted molar refractivity (Wildman–Crippen MR) is 135 cm³/mol. The Hall–Kier alpha value is -2.39. The number of furan rings is 1. The number of carbonyl (C=O) groups is 3. The SMILES string of the molecule is CC1(C)OCC(C)(C)C(C(=O)NCC(C(=O)O)C2(NC(=O)C3(Cc4ccco4)CCC3)CCCCC2)O1.